The van der Waals surface area contributed by atoms with Crippen molar-refractivity contribution < 1.29 is 19.1 Å². The number of carbonyl (C=O) groups excluding carboxylic acids is 3. The molecule has 0 saturated carbocycles. The highest BCUT2D eigenvalue weighted by Gasteiger charge is 2.44. The fourth-order valence-corrected chi connectivity index (χ4v) is 4.89. The summed E-state index contributed by atoms with van der Waals surface area (Å²) in [5.41, 5.74) is 2.74. The third-order valence-corrected chi connectivity index (χ3v) is 6.46. The van der Waals surface area contributed by atoms with Gasteiger partial charge in [-0.2, -0.15) is 5.10 Å². The van der Waals surface area contributed by atoms with E-state index < -0.39 is 23.5 Å². The maximum absolute atomic E-state index is 13.4. The Labute approximate surface area is 195 Å². The average Bonchev–Trinajstić information content (AvgIpc) is 3.16. The van der Waals surface area contributed by atoms with Gasteiger partial charge in [0.15, 0.2) is 0 Å². The number of piperidine rings is 1. The first-order valence-corrected chi connectivity index (χ1v) is 11.8. The summed E-state index contributed by atoms with van der Waals surface area (Å²) < 4.78 is 7.43. The smallest absolute Gasteiger partial charge is 0.417 e. The lowest BCUT2D eigenvalue weighted by Crippen LogP contribution is -2.52. The molecule has 1 aliphatic heterocycles. The Bertz CT molecular complexity index is 1040. The van der Waals surface area contributed by atoms with Gasteiger partial charge in [-0.15, -0.1) is 0 Å². The van der Waals surface area contributed by atoms with E-state index in [2.05, 4.69) is 17.2 Å². The van der Waals surface area contributed by atoms with Crippen LogP contribution in [-0.2, 0) is 33.7 Å². The van der Waals surface area contributed by atoms with Crippen LogP contribution in [0.15, 0.2) is 36.5 Å². The minimum atomic E-state index is -0.785. The number of imide groups is 1. The van der Waals surface area contributed by atoms with Crippen molar-refractivity contribution >= 4 is 17.8 Å². The van der Waals surface area contributed by atoms with Gasteiger partial charge in [0.2, 0.25) is 5.91 Å². The zero-order valence-electron chi connectivity index (χ0n) is 19.9. The fourth-order valence-electron chi connectivity index (χ4n) is 4.89. The van der Waals surface area contributed by atoms with Crippen molar-refractivity contribution in [2.24, 2.45) is 17.8 Å². The number of amides is 2. The van der Waals surface area contributed by atoms with E-state index in [1.165, 1.54) is 11.3 Å². The number of nitrogens with zero attached hydrogens (tertiary/aromatic N) is 3. The summed E-state index contributed by atoms with van der Waals surface area (Å²) in [6.07, 6.45) is 3.71. The van der Waals surface area contributed by atoms with Gasteiger partial charge in [0.05, 0.1) is 18.7 Å². The summed E-state index contributed by atoms with van der Waals surface area (Å²) in [6.45, 7) is 8.27. The number of Topliss-reactive ketones (excluding diaryl/α,β-unsaturated/α-hetero) is 1. The van der Waals surface area contributed by atoms with Crippen molar-refractivity contribution in [2.75, 3.05) is 6.54 Å². The molecule has 0 radical (unpaired) electrons. The Balaban J connectivity index is 1.45. The molecule has 7 heteroatoms. The number of carbonyl (C=O) groups is 3. The highest BCUT2D eigenvalue weighted by Crippen LogP contribution is 2.33. The Kier molecular flexibility index (Phi) is 6.41. The molecule has 2 aliphatic rings. The number of likely N-dealkylation sites (tertiary alicyclic amines) is 1. The minimum Gasteiger partial charge on any atom is -0.443 e. The maximum Gasteiger partial charge on any atom is 0.417 e. The first-order chi connectivity index (χ1) is 15.6. The molecule has 0 N–H and O–H groups in total. The molecule has 7 nitrogen and oxygen atoms in total. The SMILES string of the molecule is CC1CC(C(=O)C2CCc3c(cnn3Cc3ccccc3)C2)C(=O)N(C(=O)OC(C)(C)C)C1. The molecular formula is C26H33N3O4. The van der Waals surface area contributed by atoms with E-state index in [9.17, 15) is 14.4 Å². The van der Waals surface area contributed by atoms with Gasteiger partial charge in [-0.05, 0) is 63.5 Å². The van der Waals surface area contributed by atoms with Crippen LogP contribution in [0.2, 0.25) is 0 Å². The first-order valence-electron chi connectivity index (χ1n) is 11.8. The van der Waals surface area contributed by atoms with Crippen LogP contribution in [0, 0.1) is 17.8 Å². The van der Waals surface area contributed by atoms with Crippen LogP contribution in [-0.4, -0.2) is 44.6 Å². The lowest BCUT2D eigenvalue weighted by Gasteiger charge is -2.36. The van der Waals surface area contributed by atoms with Crippen LogP contribution >= 0.6 is 0 Å². The van der Waals surface area contributed by atoms with E-state index in [0.29, 0.717) is 32.4 Å². The number of ketones is 1. The highest BCUT2D eigenvalue weighted by molar-refractivity contribution is 6.07. The van der Waals surface area contributed by atoms with Gasteiger partial charge in [0.25, 0.3) is 0 Å². The Morgan fingerprint density at radius 3 is 2.61 bits per heavy atom. The summed E-state index contributed by atoms with van der Waals surface area (Å²) in [6, 6.07) is 10.2. The van der Waals surface area contributed by atoms with E-state index in [0.717, 1.165) is 16.9 Å². The molecule has 0 spiro atoms. The molecule has 2 aromatic rings. The predicted octanol–water partition coefficient (Wildman–Crippen LogP) is 4.03. The van der Waals surface area contributed by atoms with Gasteiger partial charge in [0, 0.05) is 18.2 Å². The van der Waals surface area contributed by atoms with Gasteiger partial charge in [-0.3, -0.25) is 14.3 Å². The van der Waals surface area contributed by atoms with Gasteiger partial charge < -0.3 is 4.74 Å². The van der Waals surface area contributed by atoms with Crippen molar-refractivity contribution in [1.29, 1.82) is 0 Å². The van der Waals surface area contributed by atoms with Crippen molar-refractivity contribution in [3.63, 3.8) is 0 Å². The largest absolute Gasteiger partial charge is 0.443 e. The van der Waals surface area contributed by atoms with Crippen LogP contribution in [0.4, 0.5) is 4.79 Å². The van der Waals surface area contributed by atoms with Gasteiger partial charge >= 0.3 is 6.09 Å². The Hall–Kier alpha value is -2.96. The number of rotatable bonds is 4. The molecule has 2 heterocycles. The summed E-state index contributed by atoms with van der Waals surface area (Å²) in [4.78, 5) is 40.3. The molecule has 1 aromatic carbocycles. The van der Waals surface area contributed by atoms with Crippen LogP contribution in [0.5, 0.6) is 0 Å². The summed E-state index contributed by atoms with van der Waals surface area (Å²) in [5.74, 6) is -1.43. The van der Waals surface area contributed by atoms with Crippen molar-refractivity contribution in [1.82, 2.24) is 14.7 Å². The molecule has 2 amide bonds. The van der Waals surface area contributed by atoms with Gasteiger partial charge in [0.1, 0.15) is 11.4 Å². The standard InChI is InChI=1S/C26H33N3O4/c1-17-12-21(24(31)28(15-17)25(32)33-26(2,3)4)23(30)19-10-11-22-20(13-19)14-27-29(22)16-18-8-6-5-7-9-18/h5-9,14,17,19,21H,10-13,15-16H2,1-4H3. The molecule has 1 aromatic heterocycles. The van der Waals surface area contributed by atoms with Crippen LogP contribution in [0.3, 0.4) is 0 Å². The quantitative estimate of drug-likeness (QED) is 0.656. The van der Waals surface area contributed by atoms with Crippen molar-refractivity contribution in [2.45, 2.75) is 65.5 Å². The summed E-state index contributed by atoms with van der Waals surface area (Å²) >= 11 is 0. The highest BCUT2D eigenvalue weighted by atomic mass is 16.6. The van der Waals surface area contributed by atoms with E-state index in [4.69, 9.17) is 4.74 Å². The summed E-state index contributed by atoms with van der Waals surface area (Å²) in [7, 11) is 0. The fraction of sp³-hybridized carbons (Fsp3) is 0.538. The van der Waals surface area contributed by atoms with E-state index in [-0.39, 0.29) is 17.6 Å². The number of fused-ring (bicyclic) bond motifs is 1. The lowest BCUT2D eigenvalue weighted by atomic mass is 9.76. The van der Waals surface area contributed by atoms with E-state index in [1.54, 1.807) is 20.8 Å². The van der Waals surface area contributed by atoms with Crippen molar-refractivity contribution in [3.8, 4) is 0 Å². The van der Waals surface area contributed by atoms with Crippen LogP contribution < -0.4 is 0 Å². The second kappa shape index (κ2) is 9.12. The zero-order valence-corrected chi connectivity index (χ0v) is 19.9. The zero-order chi connectivity index (χ0) is 23.8. The average molecular weight is 452 g/mol. The molecule has 1 aliphatic carbocycles. The lowest BCUT2D eigenvalue weighted by molar-refractivity contribution is -0.146. The molecular weight excluding hydrogens is 418 g/mol. The second-order valence-corrected chi connectivity index (χ2v) is 10.4. The molecule has 176 valence electrons. The first kappa shape index (κ1) is 23.2. The Morgan fingerprint density at radius 2 is 1.91 bits per heavy atom. The number of hydrogen-bond acceptors (Lipinski definition) is 5. The summed E-state index contributed by atoms with van der Waals surface area (Å²) in [5, 5.41) is 4.56. The molecule has 0 bridgehead atoms. The van der Waals surface area contributed by atoms with Gasteiger partial charge in [-0.1, -0.05) is 37.3 Å². The van der Waals surface area contributed by atoms with Gasteiger partial charge in [-0.25, -0.2) is 9.69 Å². The molecule has 4 rings (SSSR count). The monoisotopic (exact) mass is 451 g/mol. The normalized spacial score (nSPS) is 23.2. The number of ether oxygens (including phenoxy) is 1. The number of aromatic nitrogens is 2. The van der Waals surface area contributed by atoms with E-state index in [1.807, 2.05) is 36.0 Å². The third-order valence-electron chi connectivity index (χ3n) is 6.46. The maximum atomic E-state index is 13.4. The molecule has 1 fully saturated rings. The van der Waals surface area contributed by atoms with Crippen molar-refractivity contribution in [3.05, 3.63) is 53.3 Å². The molecule has 1 saturated heterocycles. The van der Waals surface area contributed by atoms with E-state index >= 15 is 0 Å². The second-order valence-electron chi connectivity index (χ2n) is 10.4. The minimum absolute atomic E-state index is 0.0527. The third kappa shape index (κ3) is 5.18. The Morgan fingerprint density at radius 1 is 1.18 bits per heavy atom. The molecule has 3 unspecified atom stereocenters. The van der Waals surface area contributed by atoms with Crippen LogP contribution in [0.25, 0.3) is 0 Å². The molecule has 33 heavy (non-hydrogen) atoms. The van der Waals surface area contributed by atoms with Crippen LogP contribution in [0.1, 0.15) is 57.4 Å². The molecule has 3 atom stereocenters. The number of hydrogen-bond donors (Lipinski definition) is 0. The topological polar surface area (TPSA) is 81.5 Å². The number of benzene rings is 1. The predicted molar refractivity (Wildman–Crippen MR) is 124 cm³/mol.